The summed E-state index contributed by atoms with van der Waals surface area (Å²) in [4.78, 5) is 5.15. The van der Waals surface area contributed by atoms with Crippen molar-refractivity contribution in [3.05, 3.63) is 0 Å². The summed E-state index contributed by atoms with van der Waals surface area (Å²) in [6.07, 6.45) is 4.16. The van der Waals surface area contributed by atoms with E-state index in [4.69, 9.17) is 4.74 Å². The fourth-order valence-corrected chi connectivity index (χ4v) is 2.55. The van der Waals surface area contributed by atoms with Gasteiger partial charge >= 0.3 is 0 Å². The largest absolute Gasteiger partial charge is 0.377 e. The monoisotopic (exact) mass is 270 g/mol. The van der Waals surface area contributed by atoms with Crippen LogP contribution in [0.25, 0.3) is 0 Å². The quantitative estimate of drug-likeness (QED) is 0.641. The summed E-state index contributed by atoms with van der Waals surface area (Å²) in [7, 11) is 0. The molecule has 3 heteroatoms. The number of ether oxygens (including phenoxy) is 1. The third-order valence-electron chi connectivity index (χ3n) is 3.99. The molecule has 0 amide bonds. The molecule has 0 unspecified atom stereocenters. The van der Waals surface area contributed by atoms with E-state index in [0.717, 1.165) is 19.1 Å². The van der Waals surface area contributed by atoms with Crippen LogP contribution in [0.4, 0.5) is 0 Å². The predicted octanol–water partition coefficient (Wildman–Crippen LogP) is 2.86. The van der Waals surface area contributed by atoms with Gasteiger partial charge in [0.15, 0.2) is 0 Å². The molecule has 1 aliphatic rings. The van der Waals surface area contributed by atoms with Gasteiger partial charge in [-0.2, -0.15) is 0 Å². The Balaban J connectivity index is 2.03. The first-order chi connectivity index (χ1) is 9.11. The molecule has 3 nitrogen and oxygen atoms in total. The topological polar surface area (TPSA) is 15.7 Å². The first-order valence-electron chi connectivity index (χ1n) is 8.18. The summed E-state index contributed by atoms with van der Waals surface area (Å²) in [6.45, 7) is 17.2. The lowest BCUT2D eigenvalue weighted by Crippen LogP contribution is -2.47. The lowest BCUT2D eigenvalue weighted by molar-refractivity contribution is 0.0319. The molecule has 0 N–H and O–H groups in total. The summed E-state index contributed by atoms with van der Waals surface area (Å²) in [5, 5.41) is 0. The summed E-state index contributed by atoms with van der Waals surface area (Å²) >= 11 is 0. The Morgan fingerprint density at radius 1 is 0.895 bits per heavy atom. The van der Waals surface area contributed by atoms with Gasteiger partial charge in [-0.1, -0.05) is 27.2 Å². The minimum Gasteiger partial charge on any atom is -0.377 e. The van der Waals surface area contributed by atoms with Gasteiger partial charge < -0.3 is 9.64 Å². The average molecular weight is 270 g/mol. The van der Waals surface area contributed by atoms with E-state index in [2.05, 4.69) is 37.5 Å². The van der Waals surface area contributed by atoms with Crippen molar-refractivity contribution in [1.82, 2.24) is 9.80 Å². The third-order valence-corrected chi connectivity index (χ3v) is 3.99. The summed E-state index contributed by atoms with van der Waals surface area (Å²) in [5.41, 5.74) is 0. The van der Waals surface area contributed by atoms with Crippen molar-refractivity contribution >= 4 is 0 Å². The van der Waals surface area contributed by atoms with Crippen LogP contribution in [-0.4, -0.2) is 61.8 Å². The van der Waals surface area contributed by atoms with Gasteiger partial charge in [-0.25, -0.2) is 0 Å². The van der Waals surface area contributed by atoms with Crippen LogP contribution in [0, 0.1) is 5.92 Å². The van der Waals surface area contributed by atoms with Gasteiger partial charge in [-0.3, -0.25) is 4.90 Å². The van der Waals surface area contributed by atoms with Crippen molar-refractivity contribution in [2.45, 2.75) is 53.1 Å². The summed E-state index contributed by atoms with van der Waals surface area (Å²) in [5.74, 6) is 0.825. The lowest BCUT2D eigenvalue weighted by Gasteiger charge is -2.35. The van der Waals surface area contributed by atoms with Crippen molar-refractivity contribution in [2.24, 2.45) is 5.92 Å². The second-order valence-corrected chi connectivity index (χ2v) is 6.34. The van der Waals surface area contributed by atoms with Crippen LogP contribution in [0.3, 0.4) is 0 Å². The van der Waals surface area contributed by atoms with Crippen LogP contribution in [0.5, 0.6) is 0 Å². The van der Waals surface area contributed by atoms with E-state index in [1.54, 1.807) is 0 Å². The molecule has 19 heavy (non-hydrogen) atoms. The fraction of sp³-hybridized carbons (Fsp3) is 1.00. The molecule has 1 atom stereocenters. The zero-order chi connectivity index (χ0) is 14.1. The molecule has 0 saturated carbocycles. The van der Waals surface area contributed by atoms with E-state index in [9.17, 15) is 0 Å². The van der Waals surface area contributed by atoms with E-state index >= 15 is 0 Å². The predicted molar refractivity (Wildman–Crippen MR) is 82.7 cm³/mol. The molecule has 1 aliphatic heterocycles. The Morgan fingerprint density at radius 2 is 1.47 bits per heavy atom. The van der Waals surface area contributed by atoms with Gasteiger partial charge in [0.2, 0.25) is 0 Å². The minimum atomic E-state index is 0.428. The molecule has 1 rings (SSSR count). The highest BCUT2D eigenvalue weighted by molar-refractivity contribution is 4.72. The van der Waals surface area contributed by atoms with E-state index in [-0.39, 0.29) is 0 Å². The van der Waals surface area contributed by atoms with Crippen molar-refractivity contribution in [3.63, 3.8) is 0 Å². The molecule has 1 saturated heterocycles. The van der Waals surface area contributed by atoms with Crippen molar-refractivity contribution in [2.75, 3.05) is 45.9 Å². The molecular weight excluding hydrogens is 236 g/mol. The van der Waals surface area contributed by atoms with E-state index < -0.39 is 0 Å². The molecule has 0 aliphatic carbocycles. The molecule has 0 bridgehead atoms. The second kappa shape index (κ2) is 9.73. The van der Waals surface area contributed by atoms with Crippen LogP contribution in [-0.2, 0) is 4.74 Å². The number of piperazine rings is 1. The Bertz CT molecular complexity index is 213. The SMILES string of the molecule is CCC[C@H](C)OCCN1CCN(CCC(C)C)CC1. The van der Waals surface area contributed by atoms with Crippen LogP contribution >= 0.6 is 0 Å². The maximum atomic E-state index is 5.84. The normalized spacial score (nSPS) is 20.1. The average Bonchev–Trinajstić information content (AvgIpc) is 2.38. The molecule has 0 aromatic carbocycles. The molecule has 0 radical (unpaired) electrons. The maximum absolute atomic E-state index is 5.84. The van der Waals surface area contributed by atoms with Crippen molar-refractivity contribution < 1.29 is 4.74 Å². The second-order valence-electron chi connectivity index (χ2n) is 6.34. The lowest BCUT2D eigenvalue weighted by atomic mass is 10.1. The third kappa shape index (κ3) is 7.91. The Labute approximate surface area is 120 Å². The van der Waals surface area contributed by atoms with Gasteiger partial charge in [0, 0.05) is 32.7 Å². The zero-order valence-electron chi connectivity index (χ0n) is 13.5. The standard InChI is InChI=1S/C16H34N2O/c1-5-6-16(4)19-14-13-18-11-9-17(10-12-18)8-7-15(2)3/h15-16H,5-14H2,1-4H3/t16-/m0/s1. The highest BCUT2D eigenvalue weighted by Crippen LogP contribution is 2.07. The van der Waals surface area contributed by atoms with E-state index in [1.165, 1.54) is 52.0 Å². The van der Waals surface area contributed by atoms with Gasteiger partial charge in [0.05, 0.1) is 12.7 Å². The zero-order valence-corrected chi connectivity index (χ0v) is 13.5. The molecule has 1 heterocycles. The summed E-state index contributed by atoms with van der Waals surface area (Å²) in [6, 6.07) is 0. The smallest absolute Gasteiger partial charge is 0.0597 e. The maximum Gasteiger partial charge on any atom is 0.0597 e. The summed E-state index contributed by atoms with van der Waals surface area (Å²) < 4.78 is 5.84. The fourth-order valence-electron chi connectivity index (χ4n) is 2.55. The van der Waals surface area contributed by atoms with Crippen LogP contribution in [0.2, 0.25) is 0 Å². The van der Waals surface area contributed by atoms with Gasteiger partial charge in [-0.15, -0.1) is 0 Å². The van der Waals surface area contributed by atoms with E-state index in [0.29, 0.717) is 6.10 Å². The van der Waals surface area contributed by atoms with Crippen LogP contribution in [0.1, 0.15) is 47.0 Å². The van der Waals surface area contributed by atoms with Crippen molar-refractivity contribution in [3.8, 4) is 0 Å². The Kier molecular flexibility index (Phi) is 8.67. The minimum absolute atomic E-state index is 0.428. The van der Waals surface area contributed by atoms with Crippen LogP contribution in [0.15, 0.2) is 0 Å². The van der Waals surface area contributed by atoms with Gasteiger partial charge in [-0.05, 0) is 32.2 Å². The number of rotatable bonds is 9. The molecule has 1 fully saturated rings. The molecular formula is C16H34N2O. The Morgan fingerprint density at radius 3 is 2.00 bits per heavy atom. The number of nitrogens with zero attached hydrogens (tertiary/aromatic N) is 2. The van der Waals surface area contributed by atoms with Gasteiger partial charge in [0.25, 0.3) is 0 Å². The highest BCUT2D eigenvalue weighted by Gasteiger charge is 2.16. The first kappa shape index (κ1) is 16.9. The van der Waals surface area contributed by atoms with E-state index in [1.807, 2.05) is 0 Å². The highest BCUT2D eigenvalue weighted by atomic mass is 16.5. The van der Waals surface area contributed by atoms with Gasteiger partial charge in [0.1, 0.15) is 0 Å². The van der Waals surface area contributed by atoms with Crippen LogP contribution < -0.4 is 0 Å². The molecule has 114 valence electrons. The van der Waals surface area contributed by atoms with Crippen molar-refractivity contribution in [1.29, 1.82) is 0 Å². The molecule has 0 aromatic heterocycles. The number of hydrogen-bond donors (Lipinski definition) is 0. The molecule has 0 aromatic rings. The molecule has 0 spiro atoms. The number of hydrogen-bond acceptors (Lipinski definition) is 3. The first-order valence-corrected chi connectivity index (χ1v) is 8.18. The Hall–Kier alpha value is -0.120.